The van der Waals surface area contributed by atoms with Crippen molar-refractivity contribution in [3.63, 3.8) is 0 Å². The topological polar surface area (TPSA) is 87.7 Å². The van der Waals surface area contributed by atoms with Crippen LogP contribution in [0.1, 0.15) is 113 Å². The summed E-state index contributed by atoms with van der Waals surface area (Å²) in [5.41, 5.74) is 2.43. The molecular formula is C36H55N3O4S. The van der Waals surface area contributed by atoms with Gasteiger partial charge in [-0.1, -0.05) is 64.2 Å². The zero-order valence-corrected chi connectivity index (χ0v) is 28.0. The molecular weight excluding hydrogens is 570 g/mol. The second-order valence-corrected chi connectivity index (χ2v) is 13.1. The van der Waals surface area contributed by atoms with Crippen molar-refractivity contribution >= 4 is 29.1 Å². The van der Waals surface area contributed by atoms with Crippen LogP contribution in [0, 0.1) is 0 Å². The molecule has 2 amide bonds. The first-order valence-corrected chi connectivity index (χ1v) is 18.0. The highest BCUT2D eigenvalue weighted by Crippen LogP contribution is 2.32. The summed E-state index contributed by atoms with van der Waals surface area (Å²) < 4.78 is 5.79. The largest absolute Gasteiger partial charge is 0.426 e. The van der Waals surface area contributed by atoms with E-state index in [1.165, 1.54) is 29.7 Å². The number of nitrogens with one attached hydrogen (secondary N) is 2. The predicted octanol–water partition coefficient (Wildman–Crippen LogP) is 7.01. The molecule has 0 saturated heterocycles. The van der Waals surface area contributed by atoms with Crippen LogP contribution >= 0.6 is 11.3 Å². The SMILES string of the molecule is CCCCCCNC(=O)CCCCCCC(=O)NCCC(=O)Oc1cccc2c1CCC(N(CCC)CCc1cccs1)C2. The molecule has 0 spiro atoms. The molecule has 1 atom stereocenters. The van der Waals surface area contributed by atoms with Gasteiger partial charge in [0.25, 0.3) is 0 Å². The Morgan fingerprint density at radius 1 is 0.841 bits per heavy atom. The van der Waals surface area contributed by atoms with E-state index in [9.17, 15) is 14.4 Å². The molecule has 0 fully saturated rings. The highest BCUT2D eigenvalue weighted by molar-refractivity contribution is 7.09. The summed E-state index contributed by atoms with van der Waals surface area (Å²) in [7, 11) is 0. The summed E-state index contributed by atoms with van der Waals surface area (Å²) in [4.78, 5) is 40.8. The molecule has 0 saturated carbocycles. The number of rotatable bonds is 22. The maximum absolute atomic E-state index is 12.6. The fourth-order valence-electron chi connectivity index (χ4n) is 5.99. The number of carbonyl (C=O) groups excluding carboxylic acids is 3. The summed E-state index contributed by atoms with van der Waals surface area (Å²) in [6, 6.07) is 10.9. The molecule has 0 bridgehead atoms. The summed E-state index contributed by atoms with van der Waals surface area (Å²) in [5, 5.41) is 7.99. The monoisotopic (exact) mass is 625 g/mol. The highest BCUT2D eigenvalue weighted by Gasteiger charge is 2.26. The molecule has 0 radical (unpaired) electrons. The smallest absolute Gasteiger partial charge is 0.312 e. The van der Waals surface area contributed by atoms with Gasteiger partial charge in [-0.2, -0.15) is 0 Å². The van der Waals surface area contributed by atoms with Crippen molar-refractivity contribution in [2.45, 2.75) is 123 Å². The molecule has 3 rings (SSSR count). The number of hydrogen-bond donors (Lipinski definition) is 2. The summed E-state index contributed by atoms with van der Waals surface area (Å²) in [5.74, 6) is 0.447. The van der Waals surface area contributed by atoms with Crippen LogP contribution in [0.15, 0.2) is 35.7 Å². The quantitative estimate of drug-likeness (QED) is 0.0835. The van der Waals surface area contributed by atoms with Gasteiger partial charge in [0.05, 0.1) is 6.42 Å². The van der Waals surface area contributed by atoms with Gasteiger partial charge >= 0.3 is 5.97 Å². The summed E-state index contributed by atoms with van der Waals surface area (Å²) >= 11 is 1.83. The standard InChI is InChI=1S/C36H55N3O4S/c1-3-5-6-11-23-37-34(40)17-9-7-8-10-18-35(41)38-24-21-36(42)43-33-16-12-14-29-28-30(19-20-32(29)33)39(25-4-2)26-22-31-15-13-27-44-31/h12-16,27,30H,3-11,17-26,28H2,1-2H3,(H,37,40)(H,38,41). The number of fused-ring (bicyclic) bond motifs is 1. The van der Waals surface area contributed by atoms with E-state index in [1.807, 2.05) is 23.5 Å². The highest BCUT2D eigenvalue weighted by atomic mass is 32.1. The van der Waals surface area contributed by atoms with E-state index in [2.05, 4.69) is 53.0 Å². The normalized spacial score (nSPS) is 14.3. The Morgan fingerprint density at radius 3 is 2.30 bits per heavy atom. The molecule has 1 unspecified atom stereocenters. The van der Waals surface area contributed by atoms with Crippen LogP contribution in [0.4, 0.5) is 0 Å². The van der Waals surface area contributed by atoms with Crippen LogP contribution in [0.5, 0.6) is 5.75 Å². The molecule has 1 aliphatic rings. The van der Waals surface area contributed by atoms with Crippen LogP contribution in [0.3, 0.4) is 0 Å². The Hall–Kier alpha value is -2.71. The molecule has 244 valence electrons. The van der Waals surface area contributed by atoms with Crippen molar-refractivity contribution in [3.8, 4) is 5.75 Å². The molecule has 2 N–H and O–H groups in total. The van der Waals surface area contributed by atoms with Crippen LogP contribution in [0.2, 0.25) is 0 Å². The van der Waals surface area contributed by atoms with Gasteiger partial charge in [-0.3, -0.25) is 19.3 Å². The van der Waals surface area contributed by atoms with E-state index in [0.29, 0.717) is 24.6 Å². The van der Waals surface area contributed by atoms with E-state index in [4.69, 9.17) is 4.74 Å². The predicted molar refractivity (Wildman–Crippen MR) is 180 cm³/mol. The van der Waals surface area contributed by atoms with Crippen molar-refractivity contribution in [1.29, 1.82) is 0 Å². The van der Waals surface area contributed by atoms with Gasteiger partial charge in [-0.15, -0.1) is 11.3 Å². The van der Waals surface area contributed by atoms with Crippen molar-refractivity contribution in [2.75, 3.05) is 26.2 Å². The Balaban J connectivity index is 1.29. The Bertz CT molecular complexity index is 1120. The second-order valence-electron chi connectivity index (χ2n) is 12.1. The number of thiophene rings is 1. The molecule has 1 aliphatic carbocycles. The van der Waals surface area contributed by atoms with Gasteiger partial charge in [0.15, 0.2) is 0 Å². The molecule has 7 nitrogen and oxygen atoms in total. The molecule has 0 aliphatic heterocycles. The summed E-state index contributed by atoms with van der Waals surface area (Å²) in [6.07, 6.45) is 14.5. The van der Waals surface area contributed by atoms with E-state index in [1.54, 1.807) is 0 Å². The molecule has 1 aromatic carbocycles. The number of amides is 2. The van der Waals surface area contributed by atoms with Gasteiger partial charge in [-0.05, 0) is 86.6 Å². The summed E-state index contributed by atoms with van der Waals surface area (Å²) in [6.45, 7) is 7.66. The molecule has 8 heteroatoms. The fraction of sp³-hybridized carbons (Fsp3) is 0.639. The Morgan fingerprint density at radius 2 is 1.59 bits per heavy atom. The van der Waals surface area contributed by atoms with Gasteiger partial charge < -0.3 is 15.4 Å². The third kappa shape index (κ3) is 13.5. The minimum Gasteiger partial charge on any atom is -0.426 e. The first-order chi connectivity index (χ1) is 21.5. The average molecular weight is 626 g/mol. The van der Waals surface area contributed by atoms with E-state index < -0.39 is 0 Å². The lowest BCUT2D eigenvalue weighted by molar-refractivity contribution is -0.134. The van der Waals surface area contributed by atoms with Crippen molar-refractivity contribution in [1.82, 2.24) is 15.5 Å². The lowest BCUT2D eigenvalue weighted by Gasteiger charge is -2.35. The maximum atomic E-state index is 12.6. The molecule has 44 heavy (non-hydrogen) atoms. The third-order valence-electron chi connectivity index (χ3n) is 8.45. The number of esters is 1. The van der Waals surface area contributed by atoms with E-state index in [0.717, 1.165) is 89.4 Å². The zero-order valence-electron chi connectivity index (χ0n) is 27.2. The van der Waals surface area contributed by atoms with Gasteiger partial charge in [0.2, 0.25) is 11.8 Å². The minimum absolute atomic E-state index is 0.0403. The van der Waals surface area contributed by atoms with E-state index in [-0.39, 0.29) is 30.7 Å². The lowest BCUT2D eigenvalue weighted by Crippen LogP contribution is -2.41. The molecule has 2 aromatic rings. The fourth-order valence-corrected chi connectivity index (χ4v) is 6.69. The Kier molecular flexibility index (Phi) is 17.2. The average Bonchev–Trinajstić information content (AvgIpc) is 3.54. The first kappa shape index (κ1) is 35.8. The number of nitrogens with zero attached hydrogens (tertiary/aromatic N) is 1. The number of benzene rings is 1. The zero-order chi connectivity index (χ0) is 31.4. The van der Waals surface area contributed by atoms with E-state index >= 15 is 0 Å². The van der Waals surface area contributed by atoms with Crippen LogP contribution in [-0.2, 0) is 33.6 Å². The molecule has 1 heterocycles. The third-order valence-corrected chi connectivity index (χ3v) is 9.39. The van der Waals surface area contributed by atoms with Crippen molar-refractivity contribution < 1.29 is 19.1 Å². The first-order valence-electron chi connectivity index (χ1n) is 17.1. The number of unbranched alkanes of at least 4 members (excludes halogenated alkanes) is 6. The van der Waals surface area contributed by atoms with Crippen molar-refractivity contribution in [2.24, 2.45) is 0 Å². The minimum atomic E-state index is -0.312. The van der Waals surface area contributed by atoms with Gasteiger partial charge in [0, 0.05) is 43.4 Å². The second kappa shape index (κ2) is 21.1. The molecule has 1 aromatic heterocycles. The number of carbonyl (C=O) groups is 3. The Labute approximate surface area is 269 Å². The lowest BCUT2D eigenvalue weighted by atomic mass is 9.86. The van der Waals surface area contributed by atoms with Crippen LogP contribution in [-0.4, -0.2) is 54.9 Å². The van der Waals surface area contributed by atoms with Crippen LogP contribution < -0.4 is 15.4 Å². The number of hydrogen-bond acceptors (Lipinski definition) is 6. The maximum Gasteiger partial charge on any atom is 0.312 e. The van der Waals surface area contributed by atoms with Gasteiger partial charge in [0.1, 0.15) is 5.75 Å². The number of ether oxygens (including phenoxy) is 1. The van der Waals surface area contributed by atoms with Crippen molar-refractivity contribution in [3.05, 3.63) is 51.7 Å². The van der Waals surface area contributed by atoms with Gasteiger partial charge in [-0.25, -0.2) is 0 Å². The van der Waals surface area contributed by atoms with Crippen LogP contribution in [0.25, 0.3) is 0 Å².